The molecule has 1 saturated heterocycles. The lowest BCUT2D eigenvalue weighted by molar-refractivity contribution is 0.414. The van der Waals surface area contributed by atoms with Gasteiger partial charge < -0.3 is 15.8 Å². The van der Waals surface area contributed by atoms with Crippen LogP contribution < -0.4 is 15.8 Å². The van der Waals surface area contributed by atoms with E-state index in [0.717, 1.165) is 5.75 Å². The van der Waals surface area contributed by atoms with Crippen molar-refractivity contribution in [3.8, 4) is 5.75 Å². The first-order chi connectivity index (χ1) is 7.81. The summed E-state index contributed by atoms with van der Waals surface area (Å²) in [5.74, 6) is 3.97. The van der Waals surface area contributed by atoms with Gasteiger partial charge in [0.05, 0.1) is 7.11 Å². The minimum absolute atomic E-state index is 0.378. The SMILES string of the molecule is COc1c(N)ncnc1NC1CCCSC1. The van der Waals surface area contributed by atoms with Gasteiger partial charge in [0.15, 0.2) is 11.6 Å². The van der Waals surface area contributed by atoms with Gasteiger partial charge in [-0.25, -0.2) is 9.97 Å². The van der Waals surface area contributed by atoms with Crippen molar-refractivity contribution in [3.05, 3.63) is 6.33 Å². The number of nitrogens with one attached hydrogen (secondary N) is 1. The van der Waals surface area contributed by atoms with E-state index in [1.54, 1.807) is 7.11 Å². The number of hydrogen-bond acceptors (Lipinski definition) is 6. The zero-order chi connectivity index (χ0) is 11.4. The van der Waals surface area contributed by atoms with Crippen LogP contribution in [0.25, 0.3) is 0 Å². The lowest BCUT2D eigenvalue weighted by Crippen LogP contribution is -2.26. The van der Waals surface area contributed by atoms with Crippen molar-refractivity contribution in [2.24, 2.45) is 0 Å². The van der Waals surface area contributed by atoms with E-state index in [0.29, 0.717) is 23.4 Å². The number of nitrogen functional groups attached to an aromatic ring is 1. The number of ether oxygens (including phenoxy) is 1. The number of nitrogens with zero attached hydrogens (tertiary/aromatic N) is 2. The lowest BCUT2D eigenvalue weighted by atomic mass is 10.2. The van der Waals surface area contributed by atoms with Crippen molar-refractivity contribution < 1.29 is 4.74 Å². The molecule has 1 aromatic rings. The van der Waals surface area contributed by atoms with Gasteiger partial charge in [0, 0.05) is 11.8 Å². The summed E-state index contributed by atoms with van der Waals surface area (Å²) in [5.41, 5.74) is 5.72. The lowest BCUT2D eigenvalue weighted by Gasteiger charge is -2.23. The summed E-state index contributed by atoms with van der Waals surface area (Å²) in [6.07, 6.45) is 3.86. The third-order valence-electron chi connectivity index (χ3n) is 2.54. The van der Waals surface area contributed by atoms with Gasteiger partial charge in [0.1, 0.15) is 6.33 Å². The largest absolute Gasteiger partial charge is 0.490 e. The molecule has 0 spiro atoms. The highest BCUT2D eigenvalue weighted by Crippen LogP contribution is 2.29. The third kappa shape index (κ3) is 2.49. The maximum absolute atomic E-state index is 5.72. The molecule has 1 atom stereocenters. The first kappa shape index (κ1) is 11.3. The molecule has 1 aromatic heterocycles. The molecule has 0 aliphatic carbocycles. The van der Waals surface area contributed by atoms with Gasteiger partial charge in [0.25, 0.3) is 0 Å². The Morgan fingerprint density at radius 1 is 1.56 bits per heavy atom. The minimum atomic E-state index is 0.378. The third-order valence-corrected chi connectivity index (χ3v) is 3.75. The Balaban J connectivity index is 2.10. The van der Waals surface area contributed by atoms with E-state index in [9.17, 15) is 0 Å². The van der Waals surface area contributed by atoms with Gasteiger partial charge in [-0.2, -0.15) is 11.8 Å². The van der Waals surface area contributed by atoms with E-state index in [1.165, 1.54) is 24.9 Å². The highest BCUT2D eigenvalue weighted by atomic mass is 32.2. The average molecular weight is 240 g/mol. The normalized spacial score (nSPS) is 20.4. The molecule has 0 bridgehead atoms. The van der Waals surface area contributed by atoms with E-state index in [4.69, 9.17) is 10.5 Å². The second-order valence-electron chi connectivity index (χ2n) is 3.70. The molecule has 1 aliphatic heterocycles. The minimum Gasteiger partial charge on any atom is -0.490 e. The Bertz CT molecular complexity index is 355. The molecule has 1 fully saturated rings. The molecule has 0 amide bonds. The Morgan fingerprint density at radius 2 is 2.44 bits per heavy atom. The molecule has 0 aromatic carbocycles. The van der Waals surface area contributed by atoms with E-state index in [-0.39, 0.29) is 0 Å². The van der Waals surface area contributed by atoms with Crippen molar-refractivity contribution in [3.63, 3.8) is 0 Å². The predicted molar refractivity (Wildman–Crippen MR) is 67.0 cm³/mol. The first-order valence-corrected chi connectivity index (χ1v) is 6.45. The first-order valence-electron chi connectivity index (χ1n) is 5.30. The number of hydrogen-bond donors (Lipinski definition) is 2. The Hall–Kier alpha value is -1.17. The van der Waals surface area contributed by atoms with Gasteiger partial charge in [-0.05, 0) is 18.6 Å². The summed E-state index contributed by atoms with van der Waals surface area (Å²) in [6, 6.07) is 0.446. The van der Waals surface area contributed by atoms with Gasteiger partial charge in [0.2, 0.25) is 5.75 Å². The topological polar surface area (TPSA) is 73.1 Å². The van der Waals surface area contributed by atoms with Crippen LogP contribution in [0.4, 0.5) is 11.6 Å². The molecule has 0 saturated carbocycles. The van der Waals surface area contributed by atoms with Crippen molar-refractivity contribution in [1.29, 1.82) is 0 Å². The monoisotopic (exact) mass is 240 g/mol. The van der Waals surface area contributed by atoms with E-state index < -0.39 is 0 Å². The van der Waals surface area contributed by atoms with Crippen LogP contribution in [0.5, 0.6) is 5.75 Å². The number of methoxy groups -OCH3 is 1. The molecule has 0 radical (unpaired) electrons. The van der Waals surface area contributed by atoms with Crippen LogP contribution in [-0.4, -0.2) is 34.6 Å². The number of rotatable bonds is 3. The van der Waals surface area contributed by atoms with Crippen molar-refractivity contribution >= 4 is 23.4 Å². The summed E-state index contributed by atoms with van der Waals surface area (Å²) in [6.45, 7) is 0. The molecule has 6 heteroatoms. The quantitative estimate of drug-likeness (QED) is 0.831. The summed E-state index contributed by atoms with van der Waals surface area (Å²) in [7, 11) is 1.58. The molecule has 5 nitrogen and oxygen atoms in total. The van der Waals surface area contributed by atoms with Crippen LogP contribution in [0.3, 0.4) is 0 Å². The van der Waals surface area contributed by atoms with E-state index in [2.05, 4.69) is 15.3 Å². The Kier molecular flexibility index (Phi) is 3.71. The van der Waals surface area contributed by atoms with Gasteiger partial charge >= 0.3 is 0 Å². The summed E-state index contributed by atoms with van der Waals surface area (Å²) < 4.78 is 5.20. The predicted octanol–water partition coefficient (Wildman–Crippen LogP) is 1.37. The van der Waals surface area contributed by atoms with Crippen LogP contribution in [0, 0.1) is 0 Å². The molecular formula is C10H16N4OS. The van der Waals surface area contributed by atoms with Crippen LogP contribution in [0.15, 0.2) is 6.33 Å². The smallest absolute Gasteiger partial charge is 0.203 e. The molecule has 1 unspecified atom stereocenters. The van der Waals surface area contributed by atoms with Gasteiger partial charge in [-0.15, -0.1) is 0 Å². The van der Waals surface area contributed by atoms with E-state index in [1.807, 2.05) is 11.8 Å². The van der Waals surface area contributed by atoms with Crippen molar-refractivity contribution in [2.45, 2.75) is 18.9 Å². The Labute approximate surface area is 99.2 Å². The van der Waals surface area contributed by atoms with Crippen LogP contribution in [-0.2, 0) is 0 Å². The molecule has 88 valence electrons. The van der Waals surface area contributed by atoms with Gasteiger partial charge in [-0.1, -0.05) is 0 Å². The fourth-order valence-corrected chi connectivity index (χ4v) is 2.81. The number of thioether (sulfide) groups is 1. The molecule has 2 rings (SSSR count). The molecule has 2 heterocycles. The van der Waals surface area contributed by atoms with Crippen LogP contribution in [0.1, 0.15) is 12.8 Å². The summed E-state index contributed by atoms with van der Waals surface area (Å²) in [5, 5.41) is 3.36. The summed E-state index contributed by atoms with van der Waals surface area (Å²) >= 11 is 1.96. The molecule has 16 heavy (non-hydrogen) atoms. The Morgan fingerprint density at radius 3 is 3.12 bits per heavy atom. The van der Waals surface area contributed by atoms with Crippen molar-refractivity contribution in [2.75, 3.05) is 29.7 Å². The summed E-state index contributed by atoms with van der Waals surface area (Å²) in [4.78, 5) is 8.07. The number of aromatic nitrogens is 2. The highest BCUT2D eigenvalue weighted by Gasteiger charge is 2.17. The van der Waals surface area contributed by atoms with Gasteiger partial charge in [-0.3, -0.25) is 0 Å². The second-order valence-corrected chi connectivity index (χ2v) is 4.85. The van der Waals surface area contributed by atoms with Crippen LogP contribution >= 0.6 is 11.8 Å². The highest BCUT2D eigenvalue weighted by molar-refractivity contribution is 7.99. The molecule has 1 aliphatic rings. The maximum Gasteiger partial charge on any atom is 0.203 e. The number of nitrogens with two attached hydrogens (primary N) is 1. The second kappa shape index (κ2) is 5.25. The van der Waals surface area contributed by atoms with Crippen molar-refractivity contribution in [1.82, 2.24) is 9.97 Å². The fraction of sp³-hybridized carbons (Fsp3) is 0.600. The number of anilines is 2. The average Bonchev–Trinajstić information content (AvgIpc) is 2.31. The molecule has 3 N–H and O–H groups in total. The molecular weight excluding hydrogens is 224 g/mol. The van der Waals surface area contributed by atoms with E-state index >= 15 is 0 Å². The standard InChI is InChI=1S/C10H16N4OS/c1-15-8-9(11)12-6-13-10(8)14-7-3-2-4-16-5-7/h6-7H,2-5H2,1H3,(H3,11,12,13,14). The zero-order valence-corrected chi connectivity index (χ0v) is 10.1. The van der Waals surface area contributed by atoms with Crippen LogP contribution in [0.2, 0.25) is 0 Å². The fourth-order valence-electron chi connectivity index (χ4n) is 1.74. The zero-order valence-electron chi connectivity index (χ0n) is 9.27. The maximum atomic E-state index is 5.72.